The number of hydrogen-bond donors (Lipinski definition) is 3. The number of hydrogen-bond acceptors (Lipinski definition) is 7. The van der Waals surface area contributed by atoms with Crippen LogP contribution in [0, 0.1) is 23.4 Å². The van der Waals surface area contributed by atoms with Crippen LogP contribution in [0.5, 0.6) is 0 Å². The first-order valence-electron chi connectivity index (χ1n) is 11.8. The van der Waals surface area contributed by atoms with Gasteiger partial charge in [-0.15, -0.1) is 0 Å². The fourth-order valence-electron chi connectivity index (χ4n) is 4.85. The Hall–Kier alpha value is -3.48. The maximum Gasteiger partial charge on any atom is 0.224 e. The molecule has 9 nitrogen and oxygen atoms in total. The molecule has 2 fully saturated rings. The number of nitrogens with one attached hydrogen (secondary N) is 2. The quantitative estimate of drug-likeness (QED) is 0.430. The number of amides is 1. The van der Waals surface area contributed by atoms with E-state index < -0.39 is 29.5 Å². The Morgan fingerprint density at radius 2 is 1.81 bits per heavy atom. The molecule has 3 aromatic rings. The summed E-state index contributed by atoms with van der Waals surface area (Å²) in [6, 6.07) is 0.712. The highest BCUT2D eigenvalue weighted by molar-refractivity contribution is 5.78. The Kier molecular flexibility index (Phi) is 6.65. The van der Waals surface area contributed by atoms with Gasteiger partial charge >= 0.3 is 0 Å². The Morgan fingerprint density at radius 3 is 2.47 bits per heavy atom. The number of fused-ring (bicyclic) bond motifs is 1. The number of benzene rings is 1. The molecular formula is C23H25F4N7O2. The van der Waals surface area contributed by atoms with E-state index in [-0.39, 0.29) is 48.8 Å². The first-order chi connectivity index (χ1) is 17.3. The first kappa shape index (κ1) is 24.2. The van der Waals surface area contributed by atoms with Crippen molar-refractivity contribution in [2.45, 2.75) is 57.0 Å². The third-order valence-corrected chi connectivity index (χ3v) is 6.71. The van der Waals surface area contributed by atoms with Crippen LogP contribution in [0.2, 0.25) is 0 Å². The van der Waals surface area contributed by atoms with E-state index in [0.29, 0.717) is 55.4 Å². The molecule has 1 aliphatic carbocycles. The van der Waals surface area contributed by atoms with Crippen molar-refractivity contribution in [3.8, 4) is 0 Å². The van der Waals surface area contributed by atoms with Gasteiger partial charge in [-0.3, -0.25) is 9.36 Å². The fraction of sp³-hybridized carbons (Fsp3) is 0.478. The van der Waals surface area contributed by atoms with Crippen LogP contribution in [0.3, 0.4) is 0 Å². The molecule has 2 aromatic heterocycles. The van der Waals surface area contributed by atoms with Gasteiger partial charge in [-0.2, -0.15) is 4.98 Å². The van der Waals surface area contributed by atoms with Gasteiger partial charge in [0.05, 0.1) is 12.8 Å². The summed E-state index contributed by atoms with van der Waals surface area (Å²) in [7, 11) is 0. The zero-order chi connectivity index (χ0) is 25.4. The summed E-state index contributed by atoms with van der Waals surface area (Å²) in [5.74, 6) is -3.55. The van der Waals surface area contributed by atoms with Crippen LogP contribution >= 0.6 is 0 Å². The summed E-state index contributed by atoms with van der Waals surface area (Å²) in [6.07, 6.45) is 2.99. The molecule has 1 aromatic carbocycles. The summed E-state index contributed by atoms with van der Waals surface area (Å²) in [4.78, 5) is 24.9. The lowest BCUT2D eigenvalue weighted by atomic mass is 9.85. The molecule has 192 valence electrons. The van der Waals surface area contributed by atoms with Gasteiger partial charge in [0.1, 0.15) is 17.0 Å². The standard InChI is InChI=1S/C23H25F4N7O2/c24-12-7-15(25)19(16(26)8-12)32-23-31-17-10-29-22(30-13-5-6-36-18(27)9-13)33-21(17)34(23)14-3-1-11(2-4-14)20(28)35/h7-8,10-11,13-14,18H,1-6,9H2,(H2,28,35)(H,31,32)(H,29,30,33)/t11?,13-,14?,18+/m1/s1. The van der Waals surface area contributed by atoms with Crippen molar-refractivity contribution < 1.29 is 27.1 Å². The Bertz CT molecular complexity index is 1260. The summed E-state index contributed by atoms with van der Waals surface area (Å²) in [6.45, 7) is 0.269. The molecule has 0 unspecified atom stereocenters. The summed E-state index contributed by atoms with van der Waals surface area (Å²) >= 11 is 0. The van der Waals surface area contributed by atoms with Crippen LogP contribution in [0.1, 0.15) is 44.6 Å². The summed E-state index contributed by atoms with van der Waals surface area (Å²) < 4.78 is 62.5. The van der Waals surface area contributed by atoms with Crippen molar-refractivity contribution in [2.75, 3.05) is 17.2 Å². The van der Waals surface area contributed by atoms with Crippen LogP contribution < -0.4 is 16.4 Å². The maximum absolute atomic E-state index is 14.4. The number of rotatable bonds is 6. The smallest absolute Gasteiger partial charge is 0.224 e. The fourth-order valence-corrected chi connectivity index (χ4v) is 4.85. The zero-order valence-electron chi connectivity index (χ0n) is 19.2. The van der Waals surface area contributed by atoms with Crippen molar-refractivity contribution >= 4 is 34.7 Å². The number of carbonyl (C=O) groups excluding carboxylic acids is 1. The lowest BCUT2D eigenvalue weighted by Gasteiger charge is -2.29. The van der Waals surface area contributed by atoms with Crippen LogP contribution in [-0.2, 0) is 9.53 Å². The molecule has 0 radical (unpaired) electrons. The predicted molar refractivity (Wildman–Crippen MR) is 123 cm³/mol. The molecule has 0 bridgehead atoms. The number of primary amides is 1. The Balaban J connectivity index is 1.51. The molecule has 36 heavy (non-hydrogen) atoms. The van der Waals surface area contributed by atoms with E-state index in [1.54, 1.807) is 4.57 Å². The Labute approximate surface area is 203 Å². The molecule has 13 heteroatoms. The minimum absolute atomic E-state index is 0.0956. The van der Waals surface area contributed by atoms with Crippen LogP contribution in [-0.4, -0.2) is 44.4 Å². The number of halogens is 4. The second kappa shape index (κ2) is 9.88. The molecule has 2 atom stereocenters. The van der Waals surface area contributed by atoms with Gasteiger partial charge in [-0.1, -0.05) is 0 Å². The number of carbonyl (C=O) groups is 1. The highest BCUT2D eigenvalue weighted by Crippen LogP contribution is 2.37. The van der Waals surface area contributed by atoms with E-state index in [4.69, 9.17) is 10.5 Å². The second-order valence-corrected chi connectivity index (χ2v) is 9.13. The minimum atomic E-state index is -1.37. The highest BCUT2D eigenvalue weighted by atomic mass is 19.2. The van der Waals surface area contributed by atoms with Crippen molar-refractivity contribution in [3.05, 3.63) is 35.8 Å². The predicted octanol–water partition coefficient (Wildman–Crippen LogP) is 4.09. The van der Waals surface area contributed by atoms with E-state index in [0.717, 1.165) is 0 Å². The number of aromatic nitrogens is 4. The summed E-state index contributed by atoms with van der Waals surface area (Å²) in [5.41, 5.74) is 5.67. The van der Waals surface area contributed by atoms with Gasteiger partial charge in [-0.05, 0) is 32.1 Å². The molecule has 1 amide bonds. The number of ether oxygens (including phenoxy) is 1. The lowest BCUT2D eigenvalue weighted by molar-refractivity contribution is -0.122. The topological polar surface area (TPSA) is 120 Å². The number of anilines is 3. The van der Waals surface area contributed by atoms with Gasteiger partial charge < -0.3 is 21.1 Å². The van der Waals surface area contributed by atoms with Gasteiger partial charge in [0.25, 0.3) is 0 Å². The maximum atomic E-state index is 14.4. The largest absolute Gasteiger partial charge is 0.369 e. The highest BCUT2D eigenvalue weighted by Gasteiger charge is 2.30. The van der Waals surface area contributed by atoms with Crippen molar-refractivity contribution in [2.24, 2.45) is 11.7 Å². The number of nitrogens with zero attached hydrogens (tertiary/aromatic N) is 4. The minimum Gasteiger partial charge on any atom is -0.369 e. The third-order valence-electron chi connectivity index (χ3n) is 6.71. The van der Waals surface area contributed by atoms with Crippen LogP contribution in [0.15, 0.2) is 18.3 Å². The third kappa shape index (κ3) is 4.92. The SMILES string of the molecule is NC(=O)C1CCC(n2c(Nc3c(F)cc(F)cc3F)nc3cnc(N[C@@H]4CCO[C@H](F)C4)nc32)CC1. The monoisotopic (exact) mass is 507 g/mol. The Morgan fingerprint density at radius 1 is 1.08 bits per heavy atom. The van der Waals surface area contributed by atoms with Crippen LogP contribution in [0.25, 0.3) is 11.2 Å². The van der Waals surface area contributed by atoms with E-state index in [1.165, 1.54) is 6.20 Å². The normalized spacial score (nSPS) is 24.6. The molecule has 4 N–H and O–H groups in total. The number of alkyl halides is 1. The molecule has 2 aliphatic rings. The average molecular weight is 507 g/mol. The molecule has 3 heterocycles. The van der Waals surface area contributed by atoms with Gasteiger partial charge in [0, 0.05) is 36.6 Å². The van der Waals surface area contributed by atoms with Gasteiger partial charge in [-0.25, -0.2) is 27.5 Å². The van der Waals surface area contributed by atoms with Crippen LogP contribution in [0.4, 0.5) is 35.1 Å². The lowest BCUT2D eigenvalue weighted by Crippen LogP contribution is -2.32. The molecule has 1 saturated carbocycles. The zero-order valence-corrected chi connectivity index (χ0v) is 19.2. The first-order valence-corrected chi connectivity index (χ1v) is 11.8. The molecular weight excluding hydrogens is 482 g/mol. The average Bonchev–Trinajstić information content (AvgIpc) is 3.18. The van der Waals surface area contributed by atoms with Gasteiger partial charge in [0.15, 0.2) is 17.3 Å². The van der Waals surface area contributed by atoms with Gasteiger partial charge in [0.2, 0.25) is 24.2 Å². The van der Waals surface area contributed by atoms with Crippen molar-refractivity contribution in [1.29, 1.82) is 0 Å². The van der Waals surface area contributed by atoms with E-state index in [1.807, 2.05) is 0 Å². The number of imidazole rings is 1. The van der Waals surface area contributed by atoms with Crippen molar-refractivity contribution in [3.63, 3.8) is 0 Å². The molecule has 1 aliphatic heterocycles. The molecule has 0 spiro atoms. The molecule has 5 rings (SSSR count). The summed E-state index contributed by atoms with van der Waals surface area (Å²) in [5, 5.41) is 5.77. The van der Waals surface area contributed by atoms with E-state index >= 15 is 0 Å². The van der Waals surface area contributed by atoms with E-state index in [2.05, 4.69) is 25.6 Å². The molecule has 1 saturated heterocycles. The second-order valence-electron chi connectivity index (χ2n) is 9.13. The van der Waals surface area contributed by atoms with E-state index in [9.17, 15) is 22.4 Å². The van der Waals surface area contributed by atoms with Crippen molar-refractivity contribution in [1.82, 2.24) is 19.5 Å². The number of nitrogens with two attached hydrogens (primary N) is 1.